The Balaban J connectivity index is 2.22. The highest BCUT2D eigenvalue weighted by molar-refractivity contribution is 6.37. The number of hydrogen-bond acceptors (Lipinski definition) is 3. The van der Waals surface area contributed by atoms with E-state index in [9.17, 15) is 9.90 Å². The summed E-state index contributed by atoms with van der Waals surface area (Å²) in [5, 5.41) is 12.1. The first-order valence-electron chi connectivity index (χ1n) is 4.94. The van der Waals surface area contributed by atoms with Gasteiger partial charge in [-0.25, -0.2) is 4.98 Å². The molecule has 0 aliphatic heterocycles. The summed E-state index contributed by atoms with van der Waals surface area (Å²) in [6.07, 6.45) is 3.10. The highest BCUT2D eigenvalue weighted by Crippen LogP contribution is 2.34. The molecule has 18 heavy (non-hydrogen) atoms. The molecule has 0 atom stereocenters. The number of carbonyl (C=O) groups excluding carboxylic acids is 1. The molecule has 0 spiro atoms. The Morgan fingerprint density at radius 2 is 2.00 bits per heavy atom. The molecule has 2 rings (SSSR count). The summed E-state index contributed by atoms with van der Waals surface area (Å²) in [6, 6.07) is 2.81. The Bertz CT molecular complexity index is 587. The lowest BCUT2D eigenvalue weighted by molar-refractivity contribution is 0.102. The van der Waals surface area contributed by atoms with Crippen LogP contribution in [-0.4, -0.2) is 20.6 Å². The molecular formula is C11H9Cl2N3O2. The molecular weight excluding hydrogens is 277 g/mol. The fourth-order valence-corrected chi connectivity index (χ4v) is 1.85. The van der Waals surface area contributed by atoms with Gasteiger partial charge in [0, 0.05) is 18.9 Å². The van der Waals surface area contributed by atoms with Crippen LogP contribution < -0.4 is 5.32 Å². The standard InChI is InChI=1S/C11H9Cl2N3O2/c1-16-4-9(14-5-16)11(18)15-6-2-7(12)10(17)8(13)3-6/h2-5,17H,1H3,(H,15,18). The number of amides is 1. The van der Waals surface area contributed by atoms with Crippen LogP contribution in [0.5, 0.6) is 5.75 Å². The predicted octanol–water partition coefficient (Wildman–Crippen LogP) is 2.68. The number of nitrogens with one attached hydrogen (secondary N) is 1. The van der Waals surface area contributed by atoms with E-state index >= 15 is 0 Å². The molecule has 2 aromatic rings. The largest absolute Gasteiger partial charge is 0.505 e. The smallest absolute Gasteiger partial charge is 0.275 e. The van der Waals surface area contributed by atoms with Crippen LogP contribution in [-0.2, 0) is 7.05 Å². The van der Waals surface area contributed by atoms with Gasteiger partial charge < -0.3 is 15.0 Å². The number of rotatable bonds is 2. The molecule has 0 aliphatic rings. The number of aryl methyl sites for hydroxylation is 1. The fourth-order valence-electron chi connectivity index (χ4n) is 1.36. The summed E-state index contributed by atoms with van der Waals surface area (Å²) in [7, 11) is 1.76. The molecule has 0 fully saturated rings. The molecule has 1 aromatic carbocycles. The van der Waals surface area contributed by atoms with E-state index in [1.807, 2.05) is 0 Å². The van der Waals surface area contributed by atoms with Gasteiger partial charge in [0.15, 0.2) is 5.75 Å². The van der Waals surface area contributed by atoms with Crippen LogP contribution in [0, 0.1) is 0 Å². The molecule has 1 amide bonds. The number of hydrogen-bond donors (Lipinski definition) is 2. The van der Waals surface area contributed by atoms with Crippen molar-refractivity contribution in [1.82, 2.24) is 9.55 Å². The molecule has 0 radical (unpaired) electrons. The van der Waals surface area contributed by atoms with Crippen molar-refractivity contribution >= 4 is 34.8 Å². The van der Waals surface area contributed by atoms with Gasteiger partial charge >= 0.3 is 0 Å². The van der Waals surface area contributed by atoms with Crippen molar-refractivity contribution in [1.29, 1.82) is 0 Å². The van der Waals surface area contributed by atoms with Crippen molar-refractivity contribution in [3.05, 3.63) is 40.4 Å². The molecule has 2 N–H and O–H groups in total. The first kappa shape index (κ1) is 12.7. The van der Waals surface area contributed by atoms with Crippen LogP contribution in [0.15, 0.2) is 24.7 Å². The van der Waals surface area contributed by atoms with E-state index in [4.69, 9.17) is 23.2 Å². The lowest BCUT2D eigenvalue weighted by Gasteiger charge is -2.06. The van der Waals surface area contributed by atoms with Crippen LogP contribution in [0.25, 0.3) is 0 Å². The van der Waals surface area contributed by atoms with Crippen molar-refractivity contribution in [2.24, 2.45) is 7.05 Å². The third kappa shape index (κ3) is 2.57. The minimum atomic E-state index is -0.381. The zero-order valence-electron chi connectivity index (χ0n) is 9.32. The Morgan fingerprint density at radius 1 is 1.39 bits per heavy atom. The molecule has 1 aromatic heterocycles. The summed E-state index contributed by atoms with van der Waals surface area (Å²) in [5.74, 6) is -0.595. The minimum Gasteiger partial charge on any atom is -0.505 e. The molecule has 0 saturated carbocycles. The molecule has 94 valence electrons. The number of phenolic OH excluding ortho intramolecular Hbond substituents is 1. The van der Waals surface area contributed by atoms with E-state index in [1.165, 1.54) is 18.5 Å². The van der Waals surface area contributed by atoms with E-state index in [2.05, 4.69) is 10.3 Å². The second kappa shape index (κ2) is 4.88. The van der Waals surface area contributed by atoms with E-state index in [1.54, 1.807) is 17.8 Å². The number of phenols is 1. The van der Waals surface area contributed by atoms with Gasteiger partial charge in [0.05, 0.1) is 16.4 Å². The molecule has 0 aliphatic carbocycles. The van der Waals surface area contributed by atoms with Gasteiger partial charge in [0.2, 0.25) is 0 Å². The van der Waals surface area contributed by atoms with E-state index in [0.29, 0.717) is 5.69 Å². The van der Waals surface area contributed by atoms with Crippen molar-refractivity contribution < 1.29 is 9.90 Å². The first-order chi connectivity index (χ1) is 8.47. The average molecular weight is 286 g/mol. The highest BCUT2D eigenvalue weighted by atomic mass is 35.5. The van der Waals surface area contributed by atoms with E-state index in [0.717, 1.165) is 0 Å². The summed E-state index contributed by atoms with van der Waals surface area (Å²) in [5.41, 5.74) is 0.663. The quantitative estimate of drug-likeness (QED) is 0.834. The maximum atomic E-state index is 11.8. The zero-order chi connectivity index (χ0) is 13.3. The van der Waals surface area contributed by atoms with Crippen LogP contribution in [0.1, 0.15) is 10.5 Å². The number of aromatic nitrogens is 2. The summed E-state index contributed by atoms with van der Waals surface area (Å²) < 4.78 is 1.66. The normalized spacial score (nSPS) is 10.4. The van der Waals surface area contributed by atoms with E-state index in [-0.39, 0.29) is 27.4 Å². The third-order valence-electron chi connectivity index (χ3n) is 2.21. The van der Waals surface area contributed by atoms with Crippen molar-refractivity contribution in [2.75, 3.05) is 5.32 Å². The Hall–Kier alpha value is -1.72. The molecule has 0 bridgehead atoms. The van der Waals surface area contributed by atoms with Crippen LogP contribution in [0.2, 0.25) is 10.0 Å². The van der Waals surface area contributed by atoms with Crippen molar-refractivity contribution in [3.63, 3.8) is 0 Å². The average Bonchev–Trinajstić information content (AvgIpc) is 2.72. The van der Waals surface area contributed by atoms with Crippen molar-refractivity contribution in [3.8, 4) is 5.75 Å². The van der Waals surface area contributed by atoms with Crippen LogP contribution >= 0.6 is 23.2 Å². The summed E-state index contributed by atoms with van der Waals surface area (Å²) >= 11 is 11.5. The second-order valence-corrected chi connectivity index (χ2v) is 4.48. The number of benzene rings is 1. The lowest BCUT2D eigenvalue weighted by Crippen LogP contribution is -2.12. The summed E-state index contributed by atoms with van der Waals surface area (Å²) in [4.78, 5) is 15.7. The van der Waals surface area contributed by atoms with Gasteiger partial charge in [-0.3, -0.25) is 4.79 Å². The molecule has 0 saturated heterocycles. The molecule has 7 heteroatoms. The first-order valence-corrected chi connectivity index (χ1v) is 5.70. The maximum absolute atomic E-state index is 11.8. The Kier molecular flexibility index (Phi) is 3.45. The number of imidazole rings is 1. The number of nitrogens with zero attached hydrogens (tertiary/aromatic N) is 2. The van der Waals surface area contributed by atoms with Crippen LogP contribution in [0.4, 0.5) is 5.69 Å². The third-order valence-corrected chi connectivity index (χ3v) is 2.79. The second-order valence-electron chi connectivity index (χ2n) is 3.67. The van der Waals surface area contributed by atoms with Gasteiger partial charge in [-0.05, 0) is 12.1 Å². The monoisotopic (exact) mass is 285 g/mol. The molecule has 0 unspecified atom stereocenters. The topological polar surface area (TPSA) is 67.2 Å². The summed E-state index contributed by atoms with van der Waals surface area (Å²) in [6.45, 7) is 0. The van der Waals surface area contributed by atoms with Gasteiger partial charge in [-0.2, -0.15) is 0 Å². The number of carbonyl (C=O) groups is 1. The minimum absolute atomic E-state index is 0.0684. The highest BCUT2D eigenvalue weighted by Gasteiger charge is 2.12. The van der Waals surface area contributed by atoms with Gasteiger partial charge in [-0.15, -0.1) is 0 Å². The van der Waals surface area contributed by atoms with E-state index < -0.39 is 0 Å². The number of aromatic hydroxyl groups is 1. The predicted molar refractivity (Wildman–Crippen MR) is 69.3 cm³/mol. The molecule has 1 heterocycles. The van der Waals surface area contributed by atoms with Crippen molar-refractivity contribution in [2.45, 2.75) is 0 Å². The Morgan fingerprint density at radius 3 is 2.50 bits per heavy atom. The van der Waals surface area contributed by atoms with Gasteiger partial charge in [0.1, 0.15) is 5.69 Å². The molecule has 5 nitrogen and oxygen atoms in total. The van der Waals surface area contributed by atoms with Gasteiger partial charge in [-0.1, -0.05) is 23.2 Å². The maximum Gasteiger partial charge on any atom is 0.275 e. The number of halogens is 2. The Labute approximate surface area is 113 Å². The fraction of sp³-hybridized carbons (Fsp3) is 0.0909. The lowest BCUT2D eigenvalue weighted by atomic mass is 10.3. The van der Waals surface area contributed by atoms with Gasteiger partial charge in [0.25, 0.3) is 5.91 Å². The SMILES string of the molecule is Cn1cnc(C(=O)Nc2cc(Cl)c(O)c(Cl)c2)c1. The number of anilines is 1. The van der Waals surface area contributed by atoms with Crippen LogP contribution in [0.3, 0.4) is 0 Å². The zero-order valence-corrected chi connectivity index (χ0v) is 10.8.